The average molecular weight is 405 g/mol. The fourth-order valence-electron chi connectivity index (χ4n) is 2.15. The summed E-state index contributed by atoms with van der Waals surface area (Å²) in [6.45, 7) is 0.558. The standard InChI is InChI=1S/C17H17ClN6O2S/c18-13-1-3-15(4-2-13)27(25,26)21-12-11-20-16-5-6-17(24-23-16)22-14-7-9-19-10-8-14/h1-10,21H,11-12H2,(H,20,23)(H,19,22,24). The summed E-state index contributed by atoms with van der Waals surface area (Å²) in [6.07, 6.45) is 3.35. The monoisotopic (exact) mass is 404 g/mol. The Morgan fingerprint density at radius 3 is 2.19 bits per heavy atom. The minimum atomic E-state index is -3.57. The van der Waals surface area contributed by atoms with E-state index in [0.29, 0.717) is 23.2 Å². The molecule has 0 unspecified atom stereocenters. The van der Waals surface area contributed by atoms with Crippen molar-refractivity contribution in [3.05, 3.63) is 65.9 Å². The summed E-state index contributed by atoms with van der Waals surface area (Å²) >= 11 is 5.77. The lowest BCUT2D eigenvalue weighted by Crippen LogP contribution is -2.29. The molecule has 0 radical (unpaired) electrons. The fraction of sp³-hybridized carbons (Fsp3) is 0.118. The summed E-state index contributed by atoms with van der Waals surface area (Å²) in [6, 6.07) is 13.1. The molecule has 0 aliphatic carbocycles. The van der Waals surface area contributed by atoms with Gasteiger partial charge in [-0.3, -0.25) is 4.98 Å². The Bertz CT molecular complexity index is 967. The zero-order chi connectivity index (χ0) is 19.1. The molecule has 0 aliphatic rings. The molecule has 1 aromatic carbocycles. The van der Waals surface area contributed by atoms with Crippen molar-refractivity contribution >= 4 is 38.9 Å². The summed E-state index contributed by atoms with van der Waals surface area (Å²) in [4.78, 5) is 4.11. The second-order valence-electron chi connectivity index (χ2n) is 5.44. The second-order valence-corrected chi connectivity index (χ2v) is 7.65. The van der Waals surface area contributed by atoms with Crippen LogP contribution >= 0.6 is 11.6 Å². The summed E-state index contributed by atoms with van der Waals surface area (Å²) in [5.74, 6) is 1.14. The van der Waals surface area contributed by atoms with Gasteiger partial charge in [0.1, 0.15) is 5.82 Å². The molecule has 0 saturated heterocycles. The lowest BCUT2D eigenvalue weighted by atomic mass is 10.4. The Hall–Kier alpha value is -2.75. The topological polar surface area (TPSA) is 109 Å². The molecule has 8 nitrogen and oxygen atoms in total. The van der Waals surface area contributed by atoms with E-state index in [2.05, 4.69) is 30.5 Å². The van der Waals surface area contributed by atoms with E-state index in [4.69, 9.17) is 11.6 Å². The summed E-state index contributed by atoms with van der Waals surface area (Å²) in [7, 11) is -3.57. The number of rotatable bonds is 8. The van der Waals surface area contributed by atoms with E-state index in [0.717, 1.165) is 5.69 Å². The fourth-order valence-corrected chi connectivity index (χ4v) is 3.31. The van der Waals surface area contributed by atoms with Gasteiger partial charge in [0.25, 0.3) is 0 Å². The van der Waals surface area contributed by atoms with Crippen LogP contribution in [0.5, 0.6) is 0 Å². The van der Waals surface area contributed by atoms with Gasteiger partial charge in [0.2, 0.25) is 10.0 Å². The van der Waals surface area contributed by atoms with Gasteiger partial charge in [-0.25, -0.2) is 13.1 Å². The van der Waals surface area contributed by atoms with E-state index in [1.807, 2.05) is 12.1 Å². The predicted octanol–water partition coefficient (Wildman–Crippen LogP) is 2.66. The molecule has 0 saturated carbocycles. The van der Waals surface area contributed by atoms with Crippen molar-refractivity contribution in [2.24, 2.45) is 0 Å². The Balaban J connectivity index is 1.47. The van der Waals surface area contributed by atoms with Gasteiger partial charge < -0.3 is 10.6 Å². The van der Waals surface area contributed by atoms with Gasteiger partial charge in [0.05, 0.1) is 4.90 Å². The van der Waals surface area contributed by atoms with Crippen molar-refractivity contribution in [1.82, 2.24) is 19.9 Å². The average Bonchev–Trinajstić information content (AvgIpc) is 2.68. The van der Waals surface area contributed by atoms with Gasteiger partial charge in [-0.2, -0.15) is 0 Å². The summed E-state index contributed by atoms with van der Waals surface area (Å²) < 4.78 is 26.8. The Morgan fingerprint density at radius 1 is 0.852 bits per heavy atom. The molecule has 140 valence electrons. The molecule has 0 spiro atoms. The first-order chi connectivity index (χ1) is 13.0. The first-order valence-electron chi connectivity index (χ1n) is 8.03. The Labute approximate surface area is 162 Å². The highest BCUT2D eigenvalue weighted by Crippen LogP contribution is 2.14. The van der Waals surface area contributed by atoms with Crippen molar-refractivity contribution in [2.75, 3.05) is 23.7 Å². The Morgan fingerprint density at radius 2 is 1.52 bits per heavy atom. The van der Waals surface area contributed by atoms with Crippen LogP contribution in [-0.2, 0) is 10.0 Å². The van der Waals surface area contributed by atoms with Crippen LogP contribution in [0, 0.1) is 0 Å². The number of anilines is 3. The largest absolute Gasteiger partial charge is 0.367 e. The maximum atomic E-state index is 12.2. The van der Waals surface area contributed by atoms with Crippen molar-refractivity contribution in [3.8, 4) is 0 Å². The van der Waals surface area contributed by atoms with E-state index in [-0.39, 0.29) is 11.4 Å². The van der Waals surface area contributed by atoms with Crippen LogP contribution in [0.25, 0.3) is 0 Å². The zero-order valence-electron chi connectivity index (χ0n) is 14.1. The summed E-state index contributed by atoms with van der Waals surface area (Å²) in [5, 5.41) is 14.7. The molecule has 3 N–H and O–H groups in total. The van der Waals surface area contributed by atoms with E-state index in [1.165, 1.54) is 24.3 Å². The zero-order valence-corrected chi connectivity index (χ0v) is 15.7. The van der Waals surface area contributed by atoms with Crippen LogP contribution in [0.15, 0.2) is 65.8 Å². The second kappa shape index (κ2) is 8.76. The SMILES string of the molecule is O=S(=O)(NCCNc1ccc(Nc2ccncc2)nn1)c1ccc(Cl)cc1. The minimum Gasteiger partial charge on any atom is -0.367 e. The molecule has 10 heteroatoms. The van der Waals surface area contributed by atoms with Crippen molar-refractivity contribution in [1.29, 1.82) is 0 Å². The number of halogens is 1. The van der Waals surface area contributed by atoms with Gasteiger partial charge in [0.15, 0.2) is 5.82 Å². The van der Waals surface area contributed by atoms with Crippen molar-refractivity contribution in [2.45, 2.75) is 4.90 Å². The number of nitrogens with zero attached hydrogens (tertiary/aromatic N) is 3. The third-order valence-electron chi connectivity index (χ3n) is 3.46. The Kier molecular flexibility index (Phi) is 6.17. The molecule has 0 fully saturated rings. The van der Waals surface area contributed by atoms with Crippen LogP contribution in [0.3, 0.4) is 0 Å². The van der Waals surface area contributed by atoms with E-state index < -0.39 is 10.0 Å². The van der Waals surface area contributed by atoms with E-state index in [1.54, 1.807) is 24.5 Å². The minimum absolute atomic E-state index is 0.165. The van der Waals surface area contributed by atoms with E-state index >= 15 is 0 Å². The van der Waals surface area contributed by atoms with Gasteiger partial charge in [-0.15, -0.1) is 10.2 Å². The van der Waals surface area contributed by atoms with Crippen LogP contribution in [0.1, 0.15) is 0 Å². The van der Waals surface area contributed by atoms with Gasteiger partial charge >= 0.3 is 0 Å². The van der Waals surface area contributed by atoms with Crippen molar-refractivity contribution in [3.63, 3.8) is 0 Å². The third-order valence-corrected chi connectivity index (χ3v) is 5.19. The quantitative estimate of drug-likeness (QED) is 0.495. The summed E-state index contributed by atoms with van der Waals surface area (Å²) in [5.41, 5.74) is 0.858. The van der Waals surface area contributed by atoms with Crippen LogP contribution in [0.2, 0.25) is 5.02 Å². The number of sulfonamides is 1. The molecule has 0 amide bonds. The third kappa shape index (κ3) is 5.61. The normalized spacial score (nSPS) is 11.1. The number of hydrogen-bond donors (Lipinski definition) is 3. The number of nitrogens with one attached hydrogen (secondary N) is 3. The molecule has 0 bridgehead atoms. The molecule has 27 heavy (non-hydrogen) atoms. The number of aromatic nitrogens is 3. The van der Waals surface area contributed by atoms with Crippen LogP contribution in [-0.4, -0.2) is 36.7 Å². The van der Waals surface area contributed by atoms with Gasteiger partial charge in [-0.05, 0) is 48.5 Å². The maximum absolute atomic E-state index is 12.2. The number of benzene rings is 1. The smallest absolute Gasteiger partial charge is 0.240 e. The molecule has 0 atom stereocenters. The first kappa shape index (κ1) is 19.0. The lowest BCUT2D eigenvalue weighted by Gasteiger charge is -2.09. The molecule has 3 aromatic rings. The lowest BCUT2D eigenvalue weighted by molar-refractivity contribution is 0.583. The molecule has 0 aliphatic heterocycles. The molecule has 3 rings (SSSR count). The van der Waals surface area contributed by atoms with Crippen LogP contribution < -0.4 is 15.4 Å². The van der Waals surface area contributed by atoms with Gasteiger partial charge in [0, 0.05) is 36.2 Å². The van der Waals surface area contributed by atoms with Gasteiger partial charge in [-0.1, -0.05) is 11.6 Å². The molecule has 2 heterocycles. The van der Waals surface area contributed by atoms with Crippen molar-refractivity contribution < 1.29 is 8.42 Å². The highest BCUT2D eigenvalue weighted by atomic mass is 35.5. The first-order valence-corrected chi connectivity index (χ1v) is 9.89. The highest BCUT2D eigenvalue weighted by molar-refractivity contribution is 7.89. The van der Waals surface area contributed by atoms with E-state index in [9.17, 15) is 8.42 Å². The van der Waals surface area contributed by atoms with Crippen LogP contribution in [0.4, 0.5) is 17.3 Å². The molecular weight excluding hydrogens is 388 g/mol. The number of pyridine rings is 1. The number of hydrogen-bond acceptors (Lipinski definition) is 7. The predicted molar refractivity (Wildman–Crippen MR) is 105 cm³/mol. The highest BCUT2D eigenvalue weighted by Gasteiger charge is 2.12. The molecular formula is C17H17ClN6O2S. The maximum Gasteiger partial charge on any atom is 0.240 e. The molecule has 2 aromatic heterocycles.